The van der Waals surface area contributed by atoms with Crippen molar-refractivity contribution in [3.8, 4) is 0 Å². The van der Waals surface area contributed by atoms with E-state index in [9.17, 15) is 0 Å². The van der Waals surface area contributed by atoms with E-state index in [0.717, 1.165) is 29.3 Å². The number of halogens is 2. The smallest absolute Gasteiger partial charge is 0.0709 e. The molecule has 2 aromatic rings. The summed E-state index contributed by atoms with van der Waals surface area (Å²) in [6.45, 7) is 2.84. The minimum absolute atomic E-state index is 0.803. The maximum Gasteiger partial charge on any atom is 0.0709 e. The van der Waals surface area contributed by atoms with Crippen LogP contribution < -0.4 is 4.90 Å². The molecule has 104 valence electrons. The SMILES string of the molecule is CN1CN(Cc2ccc(Br)cc2)Cc2ccc(Cl)cc21. The van der Waals surface area contributed by atoms with Gasteiger partial charge in [-0.05, 0) is 35.4 Å². The van der Waals surface area contributed by atoms with E-state index < -0.39 is 0 Å². The van der Waals surface area contributed by atoms with E-state index in [-0.39, 0.29) is 0 Å². The Kier molecular flexibility index (Phi) is 4.01. The first-order valence-electron chi connectivity index (χ1n) is 6.58. The van der Waals surface area contributed by atoms with Crippen LogP contribution in [-0.4, -0.2) is 18.6 Å². The highest BCUT2D eigenvalue weighted by molar-refractivity contribution is 9.10. The summed E-state index contributed by atoms with van der Waals surface area (Å²) in [6, 6.07) is 14.7. The van der Waals surface area contributed by atoms with Crippen molar-refractivity contribution >= 4 is 33.2 Å². The predicted octanol–water partition coefficient (Wildman–Crippen LogP) is 4.51. The minimum atomic E-state index is 0.803. The minimum Gasteiger partial charge on any atom is -0.361 e. The van der Waals surface area contributed by atoms with Crippen LogP contribution in [0.15, 0.2) is 46.9 Å². The van der Waals surface area contributed by atoms with Gasteiger partial charge < -0.3 is 4.90 Å². The van der Waals surface area contributed by atoms with Gasteiger partial charge in [-0.2, -0.15) is 0 Å². The summed E-state index contributed by atoms with van der Waals surface area (Å²) in [5, 5.41) is 0.803. The Hall–Kier alpha value is -1.03. The fourth-order valence-corrected chi connectivity index (χ4v) is 3.08. The van der Waals surface area contributed by atoms with Crippen LogP contribution in [0, 0.1) is 0 Å². The van der Waals surface area contributed by atoms with Gasteiger partial charge in [0.2, 0.25) is 0 Å². The predicted molar refractivity (Wildman–Crippen MR) is 88.1 cm³/mol. The van der Waals surface area contributed by atoms with Crippen LogP contribution in [0.2, 0.25) is 5.02 Å². The number of nitrogens with zero attached hydrogens (tertiary/aromatic N) is 2. The quantitative estimate of drug-likeness (QED) is 0.785. The van der Waals surface area contributed by atoms with Crippen LogP contribution in [0.1, 0.15) is 11.1 Å². The van der Waals surface area contributed by atoms with Gasteiger partial charge in [-0.1, -0.05) is 45.7 Å². The number of rotatable bonds is 2. The first kappa shape index (κ1) is 13.9. The number of benzene rings is 2. The highest BCUT2D eigenvalue weighted by atomic mass is 79.9. The summed E-state index contributed by atoms with van der Waals surface area (Å²) >= 11 is 9.55. The summed E-state index contributed by atoms with van der Waals surface area (Å²) in [5.74, 6) is 0. The van der Waals surface area contributed by atoms with E-state index in [2.05, 4.69) is 63.1 Å². The van der Waals surface area contributed by atoms with Gasteiger partial charge in [-0.3, -0.25) is 4.90 Å². The van der Waals surface area contributed by atoms with Crippen molar-refractivity contribution in [2.24, 2.45) is 0 Å². The molecule has 1 heterocycles. The standard InChI is InChI=1S/C16H16BrClN2/c1-19-11-20(9-12-2-5-14(17)6-3-12)10-13-4-7-15(18)8-16(13)19/h2-8H,9-11H2,1H3. The molecule has 4 heteroatoms. The van der Waals surface area contributed by atoms with Gasteiger partial charge in [0.15, 0.2) is 0 Å². The molecule has 0 unspecified atom stereocenters. The molecule has 2 nitrogen and oxygen atoms in total. The molecule has 0 fully saturated rings. The lowest BCUT2D eigenvalue weighted by Gasteiger charge is -2.36. The van der Waals surface area contributed by atoms with Crippen LogP contribution >= 0.6 is 27.5 Å². The van der Waals surface area contributed by atoms with Gasteiger partial charge in [0.1, 0.15) is 0 Å². The zero-order valence-corrected chi connectivity index (χ0v) is 13.7. The molecule has 0 bridgehead atoms. The Morgan fingerprint density at radius 2 is 1.90 bits per heavy atom. The largest absolute Gasteiger partial charge is 0.361 e. The second-order valence-corrected chi connectivity index (χ2v) is 6.58. The maximum absolute atomic E-state index is 6.08. The summed E-state index contributed by atoms with van der Waals surface area (Å²) in [4.78, 5) is 4.68. The number of hydrogen-bond donors (Lipinski definition) is 0. The van der Waals surface area contributed by atoms with E-state index in [1.807, 2.05) is 12.1 Å². The average molecular weight is 352 g/mol. The van der Waals surface area contributed by atoms with Gasteiger partial charge in [0, 0.05) is 35.3 Å². The van der Waals surface area contributed by atoms with Crippen LogP contribution in [0.3, 0.4) is 0 Å². The third kappa shape index (κ3) is 3.00. The van der Waals surface area contributed by atoms with Crippen LogP contribution in [0.4, 0.5) is 5.69 Å². The Morgan fingerprint density at radius 1 is 1.15 bits per heavy atom. The van der Waals surface area contributed by atoms with E-state index in [0.29, 0.717) is 0 Å². The Bertz CT molecular complexity index is 612. The fourth-order valence-electron chi connectivity index (χ4n) is 2.65. The van der Waals surface area contributed by atoms with Gasteiger partial charge in [-0.15, -0.1) is 0 Å². The Morgan fingerprint density at radius 3 is 2.65 bits per heavy atom. The first-order chi connectivity index (χ1) is 9.61. The molecule has 0 saturated carbocycles. The van der Waals surface area contributed by atoms with Gasteiger partial charge in [-0.25, -0.2) is 0 Å². The number of anilines is 1. The highest BCUT2D eigenvalue weighted by Gasteiger charge is 2.20. The molecule has 0 atom stereocenters. The molecular weight excluding hydrogens is 336 g/mol. The fraction of sp³-hybridized carbons (Fsp3) is 0.250. The third-order valence-corrected chi connectivity index (χ3v) is 4.35. The van der Waals surface area contributed by atoms with Crippen molar-refractivity contribution in [3.05, 3.63) is 63.1 Å². The van der Waals surface area contributed by atoms with Crippen LogP contribution in [0.25, 0.3) is 0 Å². The second-order valence-electron chi connectivity index (χ2n) is 5.23. The molecule has 0 aliphatic carbocycles. The Balaban J connectivity index is 1.77. The summed E-state index contributed by atoms with van der Waals surface area (Å²) in [5.41, 5.74) is 3.91. The van der Waals surface area contributed by atoms with E-state index in [1.54, 1.807) is 0 Å². The van der Waals surface area contributed by atoms with Gasteiger partial charge in [0.05, 0.1) is 6.67 Å². The summed E-state index contributed by atoms with van der Waals surface area (Å²) < 4.78 is 1.12. The topological polar surface area (TPSA) is 6.48 Å². The van der Waals surface area contributed by atoms with E-state index >= 15 is 0 Å². The molecule has 0 amide bonds. The lowest BCUT2D eigenvalue weighted by Crippen LogP contribution is -2.39. The van der Waals surface area contributed by atoms with Gasteiger partial charge >= 0.3 is 0 Å². The molecular formula is C16H16BrClN2. The molecule has 3 rings (SSSR count). The number of fused-ring (bicyclic) bond motifs is 1. The normalized spacial score (nSPS) is 15.2. The average Bonchev–Trinajstić information content (AvgIpc) is 2.42. The van der Waals surface area contributed by atoms with Crippen molar-refractivity contribution in [3.63, 3.8) is 0 Å². The number of hydrogen-bond acceptors (Lipinski definition) is 2. The molecule has 1 aliphatic heterocycles. The molecule has 0 saturated heterocycles. The maximum atomic E-state index is 6.08. The molecule has 0 N–H and O–H groups in total. The molecule has 0 spiro atoms. The van der Waals surface area contributed by atoms with E-state index in [4.69, 9.17) is 11.6 Å². The van der Waals surface area contributed by atoms with Crippen molar-refractivity contribution in [1.29, 1.82) is 0 Å². The summed E-state index contributed by atoms with van der Waals surface area (Å²) in [6.07, 6.45) is 0. The molecule has 0 radical (unpaired) electrons. The molecule has 1 aliphatic rings. The zero-order valence-electron chi connectivity index (χ0n) is 11.3. The van der Waals surface area contributed by atoms with Crippen LogP contribution in [-0.2, 0) is 13.1 Å². The monoisotopic (exact) mass is 350 g/mol. The van der Waals surface area contributed by atoms with Gasteiger partial charge in [0.25, 0.3) is 0 Å². The van der Waals surface area contributed by atoms with Crippen LogP contribution in [0.5, 0.6) is 0 Å². The lowest BCUT2D eigenvalue weighted by molar-refractivity contribution is 0.248. The lowest BCUT2D eigenvalue weighted by atomic mass is 10.1. The third-order valence-electron chi connectivity index (χ3n) is 3.58. The summed E-state index contributed by atoms with van der Waals surface area (Å²) in [7, 11) is 2.11. The molecule has 20 heavy (non-hydrogen) atoms. The zero-order chi connectivity index (χ0) is 14.1. The van der Waals surface area contributed by atoms with Crippen molar-refractivity contribution in [1.82, 2.24) is 4.90 Å². The first-order valence-corrected chi connectivity index (χ1v) is 7.75. The molecule has 0 aromatic heterocycles. The van der Waals surface area contributed by atoms with Crippen molar-refractivity contribution < 1.29 is 0 Å². The highest BCUT2D eigenvalue weighted by Crippen LogP contribution is 2.29. The van der Waals surface area contributed by atoms with Crippen molar-refractivity contribution in [2.45, 2.75) is 13.1 Å². The van der Waals surface area contributed by atoms with Crippen molar-refractivity contribution in [2.75, 3.05) is 18.6 Å². The second kappa shape index (κ2) is 5.76. The Labute approximate surface area is 133 Å². The molecule has 2 aromatic carbocycles. The van der Waals surface area contributed by atoms with E-state index in [1.165, 1.54) is 16.8 Å².